The van der Waals surface area contributed by atoms with Crippen molar-refractivity contribution in [1.82, 2.24) is 0 Å². The number of nitrogens with two attached hydrogens (primary N) is 1. The van der Waals surface area contributed by atoms with Gasteiger partial charge in [0.2, 0.25) is 0 Å². The Labute approximate surface area is 238 Å². The Morgan fingerprint density at radius 1 is 0.778 bits per heavy atom. The molecule has 0 saturated heterocycles. The second-order valence-electron chi connectivity index (χ2n) is 7.92. The fraction of sp³-hybridized carbons (Fsp3) is 0.259. The van der Waals surface area contributed by atoms with Crippen molar-refractivity contribution in [2.75, 3.05) is 28.7 Å². The van der Waals surface area contributed by atoms with Crippen molar-refractivity contribution in [3.8, 4) is 0 Å². The van der Waals surface area contributed by atoms with Crippen molar-refractivity contribution < 1.29 is 33.5 Å². The molecule has 0 spiro atoms. The summed E-state index contributed by atoms with van der Waals surface area (Å²) in [7, 11) is 0. The van der Waals surface area contributed by atoms with Gasteiger partial charge in [0, 0.05) is 56.7 Å². The molecule has 1 heterocycles. The fourth-order valence-electron chi connectivity index (χ4n) is 4.04. The Kier molecular flexibility index (Phi) is 12.9. The molecule has 0 aromatic heterocycles. The molecule has 9 heteroatoms. The van der Waals surface area contributed by atoms with Gasteiger partial charge in [-0.1, -0.05) is 66.7 Å². The fourth-order valence-corrected chi connectivity index (χ4v) is 7.13. The molecule has 0 amide bonds. The summed E-state index contributed by atoms with van der Waals surface area (Å²) in [4.78, 5) is 2.42. The molecule has 0 bridgehead atoms. The van der Waals surface area contributed by atoms with Crippen molar-refractivity contribution in [2.45, 2.75) is 19.4 Å². The maximum atomic E-state index is 10.0. The zero-order chi connectivity index (χ0) is 24.3. The van der Waals surface area contributed by atoms with E-state index >= 15 is 0 Å². The van der Waals surface area contributed by atoms with E-state index in [2.05, 4.69) is 93.1 Å². The Morgan fingerprint density at radius 2 is 1.36 bits per heavy atom. The van der Waals surface area contributed by atoms with Gasteiger partial charge in [-0.25, -0.2) is 0 Å². The van der Waals surface area contributed by atoms with Crippen LogP contribution in [-0.4, -0.2) is 23.8 Å². The van der Waals surface area contributed by atoms with Crippen LogP contribution in [0.5, 0.6) is 0 Å². The van der Waals surface area contributed by atoms with Crippen LogP contribution in [0, 0.1) is 0 Å². The van der Waals surface area contributed by atoms with Gasteiger partial charge >= 0.3 is 18.9 Å². The van der Waals surface area contributed by atoms with Gasteiger partial charge in [-0.15, -0.1) is 23.5 Å². The minimum Gasteiger partial charge on any atom is -0.691 e. The minimum atomic E-state index is 0. The molecule has 2 N–H and O–H groups in total. The van der Waals surface area contributed by atoms with Gasteiger partial charge in [0.1, 0.15) is 0 Å². The monoisotopic (exact) mass is 532 g/mol. The number of benzene rings is 3. The standard InChI is InChI=1S/C27H30N2O3S3.Li/c28-16-8-17-33-27(34-18-9-19-35-32-31-30)26-22-12-4-6-14-24(22)29(20-21-10-2-1-3-11-21)25-15-7-5-13-23(25)26;/h1-7,10-15,30H,8-9,16-20,28H2;/q;+1/p-1. The van der Waals surface area contributed by atoms with E-state index in [1.165, 1.54) is 37.9 Å². The number of hydrogen-bond acceptors (Lipinski definition) is 8. The molecule has 36 heavy (non-hydrogen) atoms. The van der Waals surface area contributed by atoms with Crippen LogP contribution in [-0.2, 0) is 15.9 Å². The van der Waals surface area contributed by atoms with Crippen molar-refractivity contribution in [1.29, 1.82) is 0 Å². The van der Waals surface area contributed by atoms with Crippen LogP contribution in [0.15, 0.2) is 83.1 Å². The molecule has 0 fully saturated rings. The number of fused-ring (bicyclic) bond motifs is 2. The SMILES string of the molecule is NCCCSC(SCCCSOO[O-])=C1c2ccccc2N(Cc2ccccc2)c2ccccc21.[Li+]. The van der Waals surface area contributed by atoms with E-state index in [0.717, 1.165) is 42.9 Å². The Hall–Kier alpha value is -1.31. The van der Waals surface area contributed by atoms with E-state index in [1.54, 1.807) is 0 Å². The first kappa shape index (κ1) is 29.2. The van der Waals surface area contributed by atoms with Crippen molar-refractivity contribution in [2.24, 2.45) is 5.73 Å². The Bertz CT molecular complexity index is 1070. The van der Waals surface area contributed by atoms with Gasteiger partial charge in [0.05, 0.1) is 0 Å². The second kappa shape index (κ2) is 15.8. The molecule has 3 aromatic rings. The van der Waals surface area contributed by atoms with E-state index in [1.807, 2.05) is 23.5 Å². The third-order valence-electron chi connectivity index (χ3n) is 5.58. The van der Waals surface area contributed by atoms with Crippen molar-refractivity contribution >= 4 is 52.5 Å². The molecule has 0 radical (unpaired) electrons. The molecule has 0 atom stereocenters. The average Bonchev–Trinajstić information content (AvgIpc) is 2.90. The van der Waals surface area contributed by atoms with Gasteiger partial charge < -0.3 is 15.9 Å². The van der Waals surface area contributed by atoms with Gasteiger partial charge in [-0.3, -0.25) is 5.04 Å². The first-order valence-electron chi connectivity index (χ1n) is 11.6. The molecule has 1 aliphatic rings. The van der Waals surface area contributed by atoms with Gasteiger partial charge in [0.25, 0.3) is 0 Å². The van der Waals surface area contributed by atoms with Crippen molar-refractivity contribution in [3.05, 3.63) is 99.8 Å². The molecular weight excluding hydrogens is 503 g/mol. The van der Waals surface area contributed by atoms with E-state index in [-0.39, 0.29) is 18.9 Å². The normalized spacial score (nSPS) is 12.1. The summed E-state index contributed by atoms with van der Waals surface area (Å²) >= 11 is 4.80. The minimum absolute atomic E-state index is 0. The summed E-state index contributed by atoms with van der Waals surface area (Å²) in [6.07, 6.45) is 1.87. The zero-order valence-electron chi connectivity index (χ0n) is 20.4. The third-order valence-corrected chi connectivity index (χ3v) is 8.81. The van der Waals surface area contributed by atoms with Crippen LogP contribution in [0.3, 0.4) is 0 Å². The average molecular weight is 533 g/mol. The van der Waals surface area contributed by atoms with Crippen LogP contribution < -0.4 is 34.8 Å². The summed E-state index contributed by atoms with van der Waals surface area (Å²) < 4.78 is 5.71. The number of para-hydroxylation sites is 2. The molecule has 0 aliphatic carbocycles. The topological polar surface area (TPSA) is 70.8 Å². The first-order valence-corrected chi connectivity index (χ1v) is 14.5. The van der Waals surface area contributed by atoms with E-state index in [4.69, 9.17) is 5.73 Å². The maximum absolute atomic E-state index is 10.0. The van der Waals surface area contributed by atoms with Crippen LogP contribution >= 0.6 is 35.6 Å². The molecule has 5 nitrogen and oxygen atoms in total. The molecule has 0 saturated carbocycles. The Morgan fingerprint density at radius 3 is 1.97 bits per heavy atom. The van der Waals surface area contributed by atoms with E-state index in [0.29, 0.717) is 12.3 Å². The van der Waals surface area contributed by atoms with Crippen molar-refractivity contribution in [3.63, 3.8) is 0 Å². The molecule has 184 valence electrons. The quantitative estimate of drug-likeness (QED) is 0.118. The number of hydrogen-bond donors (Lipinski definition) is 1. The smallest absolute Gasteiger partial charge is 0.691 e. The summed E-state index contributed by atoms with van der Waals surface area (Å²) in [5.41, 5.74) is 13.3. The maximum Gasteiger partial charge on any atom is 1.00 e. The number of rotatable bonds is 13. The predicted molar refractivity (Wildman–Crippen MR) is 149 cm³/mol. The van der Waals surface area contributed by atoms with E-state index in [9.17, 15) is 5.26 Å². The first-order chi connectivity index (χ1) is 17.3. The van der Waals surface area contributed by atoms with Crippen LogP contribution in [0.2, 0.25) is 0 Å². The van der Waals surface area contributed by atoms with Gasteiger partial charge in [-0.05, 0) is 48.6 Å². The van der Waals surface area contributed by atoms with Crippen LogP contribution in [0.4, 0.5) is 11.4 Å². The molecule has 3 aromatic carbocycles. The number of nitrogens with zero attached hydrogens (tertiary/aromatic N) is 1. The van der Waals surface area contributed by atoms with Crippen LogP contribution in [0.1, 0.15) is 29.5 Å². The zero-order valence-corrected chi connectivity index (χ0v) is 22.9. The Balaban J connectivity index is 0.00000361. The van der Waals surface area contributed by atoms with Gasteiger partial charge in [-0.2, -0.15) is 4.33 Å². The van der Waals surface area contributed by atoms with Gasteiger partial charge in [0.15, 0.2) is 0 Å². The summed E-state index contributed by atoms with van der Waals surface area (Å²) in [5.74, 6) is 2.59. The largest absolute Gasteiger partial charge is 1.00 e. The number of thioether (sulfide) groups is 2. The van der Waals surface area contributed by atoms with E-state index < -0.39 is 0 Å². The third kappa shape index (κ3) is 7.61. The molecule has 1 aliphatic heterocycles. The summed E-state index contributed by atoms with van der Waals surface area (Å²) in [6.45, 7) is 1.49. The second-order valence-corrected chi connectivity index (χ2v) is 11.2. The molecular formula is C27H29LiN2O3S3. The number of anilines is 2. The summed E-state index contributed by atoms with van der Waals surface area (Å²) in [6, 6.07) is 28.0. The predicted octanol–water partition coefficient (Wildman–Crippen LogP) is 3.14. The summed E-state index contributed by atoms with van der Waals surface area (Å²) in [5, 5.41) is 13.5. The molecule has 4 rings (SSSR count). The van der Waals surface area contributed by atoms with Crippen LogP contribution in [0.25, 0.3) is 5.57 Å². The molecule has 0 unspecified atom stereocenters.